The molecule has 0 radical (unpaired) electrons. The molecule has 0 saturated carbocycles. The van der Waals surface area contributed by atoms with Gasteiger partial charge in [-0.25, -0.2) is 13.8 Å². The van der Waals surface area contributed by atoms with Crippen molar-refractivity contribution in [3.63, 3.8) is 0 Å². The van der Waals surface area contributed by atoms with Crippen LogP contribution in [0.3, 0.4) is 0 Å². The Morgan fingerprint density at radius 2 is 1.89 bits per heavy atom. The summed E-state index contributed by atoms with van der Waals surface area (Å²) in [6, 6.07) is 9.67. The number of rotatable bonds is 2. The van der Waals surface area contributed by atoms with E-state index in [1.807, 2.05) is 25.1 Å². The van der Waals surface area contributed by atoms with Crippen LogP contribution in [0, 0.1) is 18.6 Å². The minimum Gasteiger partial charge on any atom is -0.331 e. The maximum atomic E-state index is 13.1. The Balaban J connectivity index is 1.94. The van der Waals surface area contributed by atoms with Gasteiger partial charge in [0.05, 0.1) is 10.2 Å². The lowest BCUT2D eigenvalue weighted by molar-refractivity contribution is 0.509. The van der Waals surface area contributed by atoms with Crippen LogP contribution < -0.4 is 5.32 Å². The zero-order valence-electron chi connectivity index (χ0n) is 10.1. The summed E-state index contributed by atoms with van der Waals surface area (Å²) in [5.74, 6) is -1.73. The van der Waals surface area contributed by atoms with Crippen LogP contribution in [-0.2, 0) is 0 Å². The van der Waals surface area contributed by atoms with E-state index < -0.39 is 11.6 Å². The highest BCUT2D eigenvalue weighted by Crippen LogP contribution is 2.29. The predicted octanol–water partition coefficient (Wildman–Crippen LogP) is 4.63. The van der Waals surface area contributed by atoms with Crippen molar-refractivity contribution in [3.8, 4) is 0 Å². The maximum absolute atomic E-state index is 13.1. The second-order valence-electron chi connectivity index (χ2n) is 4.24. The molecule has 0 bridgehead atoms. The zero-order valence-corrected chi connectivity index (χ0v) is 10.9. The molecule has 0 atom stereocenters. The SMILES string of the molecule is Cc1ccc2nc(Nc3ccc(F)c(F)c3)sc2c1. The van der Waals surface area contributed by atoms with Crippen LogP contribution in [0.2, 0.25) is 0 Å². The van der Waals surface area contributed by atoms with Gasteiger partial charge in [0.1, 0.15) is 0 Å². The fourth-order valence-corrected chi connectivity index (χ4v) is 2.77. The Hall–Kier alpha value is -2.01. The summed E-state index contributed by atoms with van der Waals surface area (Å²) in [6.07, 6.45) is 0. The molecule has 5 heteroatoms. The maximum Gasteiger partial charge on any atom is 0.188 e. The van der Waals surface area contributed by atoms with Gasteiger partial charge < -0.3 is 5.32 Å². The standard InChI is InChI=1S/C14H10F2N2S/c1-8-2-5-12-13(6-8)19-14(18-12)17-9-3-4-10(15)11(16)7-9/h2-7H,1H3,(H,17,18). The number of nitrogens with zero attached hydrogens (tertiary/aromatic N) is 1. The number of halogens is 2. The molecule has 1 N–H and O–H groups in total. The van der Waals surface area contributed by atoms with Crippen LogP contribution in [0.25, 0.3) is 10.2 Å². The molecule has 3 rings (SSSR count). The smallest absolute Gasteiger partial charge is 0.188 e. The molecule has 2 nitrogen and oxygen atoms in total. The third-order valence-corrected chi connectivity index (χ3v) is 3.65. The van der Waals surface area contributed by atoms with Gasteiger partial charge in [-0.15, -0.1) is 0 Å². The average molecular weight is 276 g/mol. The third kappa shape index (κ3) is 2.42. The molecule has 3 aromatic rings. The van der Waals surface area contributed by atoms with E-state index in [1.54, 1.807) is 0 Å². The van der Waals surface area contributed by atoms with E-state index in [1.165, 1.54) is 17.4 Å². The summed E-state index contributed by atoms with van der Waals surface area (Å²) in [5.41, 5.74) is 2.53. The van der Waals surface area contributed by atoms with Crippen LogP contribution in [-0.4, -0.2) is 4.98 Å². The molecule has 0 saturated heterocycles. The molecule has 0 aliphatic rings. The van der Waals surface area contributed by atoms with Crippen LogP contribution >= 0.6 is 11.3 Å². The fourth-order valence-electron chi connectivity index (χ4n) is 1.78. The Labute approximate surface area is 112 Å². The average Bonchev–Trinajstić information content (AvgIpc) is 2.75. The molecule has 2 aromatic carbocycles. The van der Waals surface area contributed by atoms with E-state index >= 15 is 0 Å². The number of nitrogens with one attached hydrogen (secondary N) is 1. The van der Waals surface area contributed by atoms with E-state index in [0.717, 1.165) is 27.9 Å². The molecule has 0 aliphatic heterocycles. The van der Waals surface area contributed by atoms with Gasteiger partial charge in [0.15, 0.2) is 16.8 Å². The van der Waals surface area contributed by atoms with Crippen LogP contribution in [0.5, 0.6) is 0 Å². The molecule has 1 heterocycles. The zero-order chi connectivity index (χ0) is 13.4. The minimum absolute atomic E-state index is 0.481. The second-order valence-corrected chi connectivity index (χ2v) is 5.27. The van der Waals surface area contributed by atoms with E-state index in [0.29, 0.717) is 10.8 Å². The number of benzene rings is 2. The normalized spacial score (nSPS) is 10.9. The lowest BCUT2D eigenvalue weighted by atomic mass is 10.2. The van der Waals surface area contributed by atoms with Crippen molar-refractivity contribution in [1.29, 1.82) is 0 Å². The first-order valence-electron chi connectivity index (χ1n) is 5.71. The highest BCUT2D eigenvalue weighted by molar-refractivity contribution is 7.22. The molecule has 1 aromatic heterocycles. The molecule has 0 aliphatic carbocycles. The molecule has 96 valence electrons. The largest absolute Gasteiger partial charge is 0.331 e. The number of fused-ring (bicyclic) bond motifs is 1. The summed E-state index contributed by atoms with van der Waals surface area (Å²) in [5, 5.41) is 3.64. The summed E-state index contributed by atoms with van der Waals surface area (Å²) in [6.45, 7) is 2.02. The van der Waals surface area contributed by atoms with Gasteiger partial charge in [-0.1, -0.05) is 17.4 Å². The van der Waals surface area contributed by atoms with E-state index in [-0.39, 0.29) is 0 Å². The molecular formula is C14H10F2N2S. The molecule has 0 fully saturated rings. The van der Waals surface area contributed by atoms with Crippen LogP contribution in [0.1, 0.15) is 5.56 Å². The third-order valence-electron chi connectivity index (χ3n) is 2.71. The second kappa shape index (κ2) is 4.59. The topological polar surface area (TPSA) is 24.9 Å². The summed E-state index contributed by atoms with van der Waals surface area (Å²) in [4.78, 5) is 4.39. The van der Waals surface area contributed by atoms with Gasteiger partial charge in [0.2, 0.25) is 0 Å². The van der Waals surface area contributed by atoms with Gasteiger partial charge >= 0.3 is 0 Å². The first kappa shape index (κ1) is 12.0. The Morgan fingerprint density at radius 3 is 2.68 bits per heavy atom. The van der Waals surface area contributed by atoms with Gasteiger partial charge in [0, 0.05) is 11.8 Å². The number of aromatic nitrogens is 1. The summed E-state index contributed by atoms with van der Waals surface area (Å²) in [7, 11) is 0. The predicted molar refractivity (Wildman–Crippen MR) is 74.0 cm³/mol. The molecule has 19 heavy (non-hydrogen) atoms. The van der Waals surface area contributed by atoms with Crippen molar-refractivity contribution >= 4 is 32.4 Å². The number of anilines is 2. The number of hydrogen-bond acceptors (Lipinski definition) is 3. The minimum atomic E-state index is -0.873. The Morgan fingerprint density at radius 1 is 1.05 bits per heavy atom. The quantitative estimate of drug-likeness (QED) is 0.738. The fraction of sp³-hybridized carbons (Fsp3) is 0.0714. The van der Waals surface area contributed by atoms with Gasteiger partial charge in [0.25, 0.3) is 0 Å². The van der Waals surface area contributed by atoms with E-state index in [9.17, 15) is 8.78 Å². The molecular weight excluding hydrogens is 266 g/mol. The van der Waals surface area contributed by atoms with Gasteiger partial charge in [-0.2, -0.15) is 0 Å². The van der Waals surface area contributed by atoms with E-state index in [2.05, 4.69) is 10.3 Å². The van der Waals surface area contributed by atoms with Gasteiger partial charge in [-0.05, 0) is 36.8 Å². The van der Waals surface area contributed by atoms with Crippen molar-refractivity contribution in [3.05, 3.63) is 53.6 Å². The van der Waals surface area contributed by atoms with Crippen molar-refractivity contribution in [2.75, 3.05) is 5.32 Å². The van der Waals surface area contributed by atoms with Crippen molar-refractivity contribution in [2.45, 2.75) is 6.92 Å². The van der Waals surface area contributed by atoms with Crippen molar-refractivity contribution in [2.24, 2.45) is 0 Å². The van der Waals surface area contributed by atoms with Crippen LogP contribution in [0.15, 0.2) is 36.4 Å². The Bertz CT molecular complexity index is 752. The first-order chi connectivity index (χ1) is 9.11. The Kier molecular flexibility index (Phi) is 2.91. The highest BCUT2D eigenvalue weighted by atomic mass is 32.1. The lowest BCUT2D eigenvalue weighted by Gasteiger charge is -2.02. The lowest BCUT2D eigenvalue weighted by Crippen LogP contribution is -1.91. The highest BCUT2D eigenvalue weighted by Gasteiger charge is 2.06. The first-order valence-corrected chi connectivity index (χ1v) is 6.53. The summed E-state index contributed by atoms with van der Waals surface area (Å²) >= 11 is 1.48. The van der Waals surface area contributed by atoms with Crippen molar-refractivity contribution in [1.82, 2.24) is 4.98 Å². The number of thiazole rings is 1. The van der Waals surface area contributed by atoms with Crippen LogP contribution in [0.4, 0.5) is 19.6 Å². The molecule has 0 unspecified atom stereocenters. The number of hydrogen-bond donors (Lipinski definition) is 1. The molecule has 0 spiro atoms. The van der Waals surface area contributed by atoms with Gasteiger partial charge in [-0.3, -0.25) is 0 Å². The van der Waals surface area contributed by atoms with E-state index in [4.69, 9.17) is 0 Å². The van der Waals surface area contributed by atoms with Crippen molar-refractivity contribution < 1.29 is 8.78 Å². The number of aryl methyl sites for hydroxylation is 1. The summed E-state index contributed by atoms with van der Waals surface area (Å²) < 4.78 is 27.0. The molecule has 0 amide bonds. The monoisotopic (exact) mass is 276 g/mol.